The van der Waals surface area contributed by atoms with Crippen LogP contribution in [0.5, 0.6) is 0 Å². The van der Waals surface area contributed by atoms with Gasteiger partial charge in [0.25, 0.3) is 0 Å². The van der Waals surface area contributed by atoms with Gasteiger partial charge in [-0.2, -0.15) is 5.26 Å². The van der Waals surface area contributed by atoms with Crippen molar-refractivity contribution in [3.05, 3.63) is 60.2 Å². The second-order valence-electron chi connectivity index (χ2n) is 4.58. The maximum Gasteiger partial charge on any atom is 0.0991 e. The molecule has 0 heterocycles. The number of hydrogen-bond acceptors (Lipinski definition) is 1. The van der Waals surface area contributed by atoms with E-state index in [1.807, 2.05) is 12.1 Å². The molecule has 0 amide bonds. The number of benzene rings is 3. The van der Waals surface area contributed by atoms with Gasteiger partial charge < -0.3 is 0 Å². The van der Waals surface area contributed by atoms with Gasteiger partial charge in [-0.25, -0.2) is 0 Å². The zero-order valence-corrected chi connectivity index (χ0v) is 9.64. The number of nitriles is 1. The summed E-state index contributed by atoms with van der Waals surface area (Å²) in [7, 11) is 0. The van der Waals surface area contributed by atoms with Gasteiger partial charge in [0, 0.05) is 0 Å². The maximum absolute atomic E-state index is 9.03. The van der Waals surface area contributed by atoms with Gasteiger partial charge in [-0.3, -0.25) is 0 Å². The van der Waals surface area contributed by atoms with Crippen LogP contribution in [0.3, 0.4) is 0 Å². The van der Waals surface area contributed by atoms with Gasteiger partial charge in [0.15, 0.2) is 0 Å². The monoisotopic (exact) mass is 227 g/mol. The summed E-state index contributed by atoms with van der Waals surface area (Å²) in [5.41, 5.74) is 5.66. The Kier molecular flexibility index (Phi) is 1.68. The molecule has 0 saturated carbocycles. The summed E-state index contributed by atoms with van der Waals surface area (Å²) < 4.78 is 0. The van der Waals surface area contributed by atoms with Gasteiger partial charge in [0.05, 0.1) is 11.6 Å². The number of fused-ring (bicyclic) bond motifs is 3. The molecule has 82 valence electrons. The topological polar surface area (TPSA) is 23.8 Å². The molecule has 0 atom stereocenters. The van der Waals surface area contributed by atoms with Crippen LogP contribution in [0.1, 0.15) is 5.56 Å². The first kappa shape index (κ1) is 9.44. The van der Waals surface area contributed by atoms with E-state index in [9.17, 15) is 0 Å². The van der Waals surface area contributed by atoms with Gasteiger partial charge in [0.2, 0.25) is 0 Å². The summed E-state index contributed by atoms with van der Waals surface area (Å²) in [5, 5.41) is 11.6. The number of rotatable bonds is 0. The molecule has 0 saturated heterocycles. The van der Waals surface area contributed by atoms with Crippen LogP contribution in [0.25, 0.3) is 33.0 Å². The Labute approximate surface area is 105 Å². The van der Waals surface area contributed by atoms with Crippen molar-refractivity contribution < 1.29 is 0 Å². The van der Waals surface area contributed by atoms with E-state index in [4.69, 9.17) is 5.26 Å². The van der Waals surface area contributed by atoms with E-state index in [1.54, 1.807) is 0 Å². The summed E-state index contributed by atoms with van der Waals surface area (Å²) in [6, 6.07) is 20.9. The Morgan fingerprint density at radius 1 is 0.722 bits per heavy atom. The van der Waals surface area contributed by atoms with Gasteiger partial charge in [-0.1, -0.05) is 42.5 Å². The van der Waals surface area contributed by atoms with E-state index in [0.717, 1.165) is 5.56 Å². The third-order valence-corrected chi connectivity index (χ3v) is 3.63. The average Bonchev–Trinajstić information content (AvgIpc) is 2.76. The molecule has 0 aromatic heterocycles. The summed E-state index contributed by atoms with van der Waals surface area (Å²) in [4.78, 5) is 0. The predicted molar refractivity (Wildman–Crippen MR) is 73.1 cm³/mol. The Morgan fingerprint density at radius 2 is 1.44 bits per heavy atom. The smallest absolute Gasteiger partial charge is 0.0991 e. The van der Waals surface area contributed by atoms with Crippen LogP contribution in [0, 0.1) is 11.3 Å². The van der Waals surface area contributed by atoms with Crippen LogP contribution >= 0.6 is 0 Å². The molecule has 3 aromatic carbocycles. The summed E-state index contributed by atoms with van der Waals surface area (Å²) in [5.74, 6) is 0. The lowest BCUT2D eigenvalue weighted by molar-refractivity contribution is 1.49. The third kappa shape index (κ3) is 1.05. The first-order valence-electron chi connectivity index (χ1n) is 5.95. The van der Waals surface area contributed by atoms with E-state index in [0.29, 0.717) is 0 Å². The van der Waals surface area contributed by atoms with Crippen molar-refractivity contribution in [1.82, 2.24) is 0 Å². The Balaban J connectivity index is 2.21. The fraction of sp³-hybridized carbons (Fsp3) is 0. The highest BCUT2D eigenvalue weighted by molar-refractivity contribution is 6.15. The number of hydrogen-bond donors (Lipinski definition) is 0. The highest BCUT2D eigenvalue weighted by atomic mass is 14.3. The summed E-state index contributed by atoms with van der Waals surface area (Å²) in [6.45, 7) is 0. The molecule has 1 aliphatic rings. The molecular formula is C17H9N. The summed E-state index contributed by atoms with van der Waals surface area (Å²) in [6.07, 6.45) is 0. The van der Waals surface area contributed by atoms with E-state index < -0.39 is 0 Å². The van der Waals surface area contributed by atoms with Crippen LogP contribution in [-0.2, 0) is 0 Å². The largest absolute Gasteiger partial charge is 0.192 e. The van der Waals surface area contributed by atoms with Crippen molar-refractivity contribution in [2.24, 2.45) is 0 Å². The molecule has 0 N–H and O–H groups in total. The van der Waals surface area contributed by atoms with Crippen molar-refractivity contribution in [3.63, 3.8) is 0 Å². The molecule has 4 rings (SSSR count). The molecule has 1 nitrogen and oxygen atoms in total. The molecule has 1 aliphatic carbocycles. The molecule has 3 aromatic rings. The van der Waals surface area contributed by atoms with Gasteiger partial charge in [-0.15, -0.1) is 0 Å². The highest BCUT2D eigenvalue weighted by Crippen LogP contribution is 2.47. The zero-order valence-electron chi connectivity index (χ0n) is 9.64. The lowest BCUT2D eigenvalue weighted by atomic mass is 10.0. The average molecular weight is 227 g/mol. The van der Waals surface area contributed by atoms with Crippen LogP contribution in [0.2, 0.25) is 0 Å². The van der Waals surface area contributed by atoms with Crippen LogP contribution < -0.4 is 0 Å². The Bertz CT molecular complexity index is 833. The van der Waals surface area contributed by atoms with Crippen molar-refractivity contribution in [2.75, 3.05) is 0 Å². The second kappa shape index (κ2) is 3.21. The van der Waals surface area contributed by atoms with Crippen molar-refractivity contribution >= 4 is 10.8 Å². The molecule has 1 heteroatoms. The molecule has 0 unspecified atom stereocenters. The predicted octanol–water partition coefficient (Wildman–Crippen LogP) is 4.36. The highest BCUT2D eigenvalue weighted by Gasteiger charge is 2.20. The minimum atomic E-state index is 0.721. The third-order valence-electron chi connectivity index (χ3n) is 3.63. The van der Waals surface area contributed by atoms with E-state index in [-0.39, 0.29) is 0 Å². The molecular weight excluding hydrogens is 218 g/mol. The summed E-state index contributed by atoms with van der Waals surface area (Å²) >= 11 is 0. The molecule has 0 bridgehead atoms. The van der Waals surface area contributed by atoms with E-state index in [2.05, 4.69) is 48.5 Å². The van der Waals surface area contributed by atoms with Crippen LogP contribution in [0.4, 0.5) is 0 Å². The van der Waals surface area contributed by atoms with E-state index in [1.165, 1.54) is 33.0 Å². The van der Waals surface area contributed by atoms with Gasteiger partial charge in [0.1, 0.15) is 0 Å². The van der Waals surface area contributed by atoms with Crippen molar-refractivity contribution in [2.45, 2.75) is 0 Å². The van der Waals surface area contributed by atoms with Gasteiger partial charge in [-0.05, 0) is 45.2 Å². The Morgan fingerprint density at radius 3 is 2.17 bits per heavy atom. The molecule has 18 heavy (non-hydrogen) atoms. The second-order valence-corrected chi connectivity index (χ2v) is 4.58. The molecule has 0 aliphatic heterocycles. The minimum absolute atomic E-state index is 0.721. The van der Waals surface area contributed by atoms with Crippen LogP contribution in [-0.4, -0.2) is 0 Å². The minimum Gasteiger partial charge on any atom is -0.192 e. The lowest BCUT2D eigenvalue weighted by Gasteiger charge is -2.01. The fourth-order valence-corrected chi connectivity index (χ4v) is 2.86. The van der Waals surface area contributed by atoms with Crippen molar-refractivity contribution in [1.29, 1.82) is 5.26 Å². The quantitative estimate of drug-likeness (QED) is 0.438. The fourth-order valence-electron chi connectivity index (χ4n) is 2.86. The standard InChI is InChI=1S/C17H9N/c18-10-11-7-8-13-14-5-1-3-12-4-2-6-15(17(12)14)16(13)9-11/h1-9H. The zero-order chi connectivity index (χ0) is 12.1. The first-order valence-corrected chi connectivity index (χ1v) is 5.95. The van der Waals surface area contributed by atoms with Crippen LogP contribution in [0.15, 0.2) is 54.6 Å². The van der Waals surface area contributed by atoms with E-state index >= 15 is 0 Å². The normalized spacial score (nSPS) is 11.3. The lowest BCUT2D eigenvalue weighted by Crippen LogP contribution is -1.79. The molecule has 0 fully saturated rings. The van der Waals surface area contributed by atoms with Crippen molar-refractivity contribution in [3.8, 4) is 28.3 Å². The number of nitrogens with zero attached hydrogens (tertiary/aromatic N) is 1. The first-order chi connectivity index (χ1) is 8.88. The van der Waals surface area contributed by atoms with Gasteiger partial charge >= 0.3 is 0 Å². The SMILES string of the molecule is N#Cc1ccc2c(c1)-c1cccc3cccc-2c13. The molecule has 0 spiro atoms. The maximum atomic E-state index is 9.03. The molecule has 0 radical (unpaired) electrons. The Hall–Kier alpha value is -2.59.